The Morgan fingerprint density at radius 2 is 1.92 bits per heavy atom. The molecule has 26 heavy (non-hydrogen) atoms. The number of thiazole rings is 1. The van der Waals surface area contributed by atoms with E-state index in [2.05, 4.69) is 11.1 Å². The first-order chi connectivity index (χ1) is 12.6. The lowest BCUT2D eigenvalue weighted by atomic mass is 10.1. The normalized spacial score (nSPS) is 11.1. The highest BCUT2D eigenvalue weighted by atomic mass is 35.5. The summed E-state index contributed by atoms with van der Waals surface area (Å²) in [7, 11) is 3.18. The molecule has 0 bridgehead atoms. The van der Waals surface area contributed by atoms with E-state index in [-0.39, 0.29) is 0 Å². The molecule has 2 aromatic carbocycles. The number of ether oxygens (including phenoxy) is 2. The zero-order valence-corrected chi connectivity index (χ0v) is 15.8. The van der Waals surface area contributed by atoms with Gasteiger partial charge in [0.1, 0.15) is 22.6 Å². The molecule has 0 aliphatic heterocycles. The molecule has 0 saturated carbocycles. The van der Waals surface area contributed by atoms with Gasteiger partial charge in [-0.1, -0.05) is 23.7 Å². The molecule has 0 aliphatic rings. The van der Waals surface area contributed by atoms with Crippen LogP contribution in [0.2, 0.25) is 5.02 Å². The van der Waals surface area contributed by atoms with Crippen LogP contribution >= 0.6 is 22.9 Å². The van der Waals surface area contributed by atoms with E-state index in [1.807, 2.05) is 41.8 Å². The zero-order chi connectivity index (χ0) is 18.5. The Morgan fingerprint density at radius 1 is 1.15 bits per heavy atom. The predicted octanol–water partition coefficient (Wildman–Crippen LogP) is 5.54. The largest absolute Gasteiger partial charge is 0.497 e. The third-order valence-corrected chi connectivity index (χ3v) is 4.86. The number of allylic oxidation sites excluding steroid dienone is 1. The zero-order valence-electron chi connectivity index (χ0n) is 14.2. The minimum Gasteiger partial charge on any atom is -0.497 e. The van der Waals surface area contributed by atoms with Crippen LogP contribution in [0, 0.1) is 11.3 Å². The van der Waals surface area contributed by atoms with Crippen LogP contribution in [0.1, 0.15) is 10.6 Å². The van der Waals surface area contributed by atoms with Gasteiger partial charge in [0, 0.05) is 27.6 Å². The maximum atomic E-state index is 9.59. The number of halogens is 1. The molecule has 3 rings (SSSR count). The first kappa shape index (κ1) is 18.0. The fourth-order valence-electron chi connectivity index (χ4n) is 2.39. The Morgan fingerprint density at radius 3 is 2.58 bits per heavy atom. The average molecular weight is 383 g/mol. The molecule has 1 heterocycles. The minimum atomic E-state index is 0.471. The standard InChI is InChI=1S/C20H15ClN2O2S/c1-24-17-8-5-14(19(10-17)25-2)9-15(11-22)20-23-18(12-26-20)13-3-6-16(21)7-4-13/h3-10,12H,1-2H3. The molecule has 4 nitrogen and oxygen atoms in total. The highest BCUT2D eigenvalue weighted by Crippen LogP contribution is 2.31. The van der Waals surface area contributed by atoms with Gasteiger partial charge in [0.05, 0.1) is 25.5 Å². The van der Waals surface area contributed by atoms with Gasteiger partial charge in [-0.3, -0.25) is 0 Å². The van der Waals surface area contributed by atoms with Gasteiger partial charge in [0.15, 0.2) is 0 Å². The first-order valence-corrected chi connectivity index (χ1v) is 8.96. The Kier molecular flexibility index (Phi) is 5.57. The fourth-order valence-corrected chi connectivity index (χ4v) is 3.31. The maximum Gasteiger partial charge on any atom is 0.134 e. The second-order valence-corrected chi connectivity index (χ2v) is 6.62. The number of hydrogen-bond acceptors (Lipinski definition) is 5. The Bertz CT molecular complexity index is 988. The van der Waals surface area contributed by atoms with Crippen molar-refractivity contribution >= 4 is 34.6 Å². The maximum absolute atomic E-state index is 9.59. The van der Waals surface area contributed by atoms with Crippen LogP contribution in [0.25, 0.3) is 22.9 Å². The SMILES string of the molecule is COc1ccc(C=C(C#N)c2nc(-c3ccc(Cl)cc3)cs2)c(OC)c1. The van der Waals surface area contributed by atoms with Gasteiger partial charge in [-0.25, -0.2) is 4.98 Å². The highest BCUT2D eigenvalue weighted by molar-refractivity contribution is 7.11. The summed E-state index contributed by atoms with van der Waals surface area (Å²) in [6, 6.07) is 15.1. The van der Waals surface area contributed by atoms with Crippen LogP contribution in [0.3, 0.4) is 0 Å². The predicted molar refractivity (Wildman–Crippen MR) is 106 cm³/mol. The van der Waals surface area contributed by atoms with Crippen LogP contribution in [0.15, 0.2) is 47.8 Å². The number of nitriles is 1. The van der Waals surface area contributed by atoms with Gasteiger partial charge in [0.25, 0.3) is 0 Å². The molecule has 0 N–H and O–H groups in total. The number of rotatable bonds is 5. The van der Waals surface area contributed by atoms with Crippen molar-refractivity contribution in [1.82, 2.24) is 4.98 Å². The Balaban J connectivity index is 1.96. The van der Waals surface area contributed by atoms with Crippen LogP contribution < -0.4 is 9.47 Å². The Labute approximate surface area is 160 Å². The summed E-state index contributed by atoms with van der Waals surface area (Å²) in [5, 5.41) is 12.8. The van der Waals surface area contributed by atoms with Crippen LogP contribution in [-0.4, -0.2) is 19.2 Å². The molecule has 6 heteroatoms. The summed E-state index contributed by atoms with van der Waals surface area (Å²) in [4.78, 5) is 4.59. The van der Waals surface area contributed by atoms with Crippen LogP contribution in [0.5, 0.6) is 11.5 Å². The summed E-state index contributed by atoms with van der Waals surface area (Å²) in [6.07, 6.45) is 1.77. The third-order valence-electron chi connectivity index (χ3n) is 3.74. The quantitative estimate of drug-likeness (QED) is 0.543. The van der Waals surface area contributed by atoms with Crippen molar-refractivity contribution in [2.75, 3.05) is 14.2 Å². The van der Waals surface area contributed by atoms with Gasteiger partial charge in [-0.15, -0.1) is 11.3 Å². The van der Waals surface area contributed by atoms with Gasteiger partial charge in [-0.2, -0.15) is 5.26 Å². The Hall–Kier alpha value is -2.81. The number of methoxy groups -OCH3 is 2. The summed E-state index contributed by atoms with van der Waals surface area (Å²) < 4.78 is 10.6. The van der Waals surface area contributed by atoms with E-state index in [1.54, 1.807) is 26.4 Å². The second-order valence-electron chi connectivity index (χ2n) is 5.32. The first-order valence-electron chi connectivity index (χ1n) is 7.70. The lowest BCUT2D eigenvalue weighted by Gasteiger charge is -2.07. The topological polar surface area (TPSA) is 55.1 Å². The number of hydrogen-bond donors (Lipinski definition) is 0. The van der Waals surface area contributed by atoms with Crippen molar-refractivity contribution in [3.63, 3.8) is 0 Å². The van der Waals surface area contributed by atoms with E-state index in [4.69, 9.17) is 21.1 Å². The molecule has 0 atom stereocenters. The van der Waals surface area contributed by atoms with Gasteiger partial charge in [0.2, 0.25) is 0 Å². The third kappa shape index (κ3) is 3.88. The number of benzene rings is 2. The van der Waals surface area contributed by atoms with Crippen molar-refractivity contribution in [2.24, 2.45) is 0 Å². The molecule has 0 spiro atoms. The van der Waals surface area contributed by atoms with Crippen molar-refractivity contribution in [3.05, 3.63) is 63.4 Å². The fraction of sp³-hybridized carbons (Fsp3) is 0.100. The average Bonchev–Trinajstić information content (AvgIpc) is 3.16. The smallest absolute Gasteiger partial charge is 0.134 e. The van der Waals surface area contributed by atoms with E-state index in [0.29, 0.717) is 27.1 Å². The molecule has 130 valence electrons. The minimum absolute atomic E-state index is 0.471. The molecule has 0 unspecified atom stereocenters. The van der Waals surface area contributed by atoms with E-state index in [9.17, 15) is 5.26 Å². The highest BCUT2D eigenvalue weighted by Gasteiger charge is 2.11. The molecule has 0 radical (unpaired) electrons. The summed E-state index contributed by atoms with van der Waals surface area (Å²) in [6.45, 7) is 0. The van der Waals surface area contributed by atoms with Crippen molar-refractivity contribution in [1.29, 1.82) is 5.26 Å². The second kappa shape index (κ2) is 8.05. The molecular weight excluding hydrogens is 368 g/mol. The van der Waals surface area contributed by atoms with Gasteiger partial charge >= 0.3 is 0 Å². The van der Waals surface area contributed by atoms with E-state index in [1.165, 1.54) is 11.3 Å². The number of aromatic nitrogens is 1. The van der Waals surface area contributed by atoms with Gasteiger partial charge in [-0.05, 0) is 30.3 Å². The molecular formula is C20H15ClN2O2S. The molecule has 0 fully saturated rings. The monoisotopic (exact) mass is 382 g/mol. The van der Waals surface area contributed by atoms with Crippen molar-refractivity contribution in [2.45, 2.75) is 0 Å². The van der Waals surface area contributed by atoms with Gasteiger partial charge < -0.3 is 9.47 Å². The molecule has 0 amide bonds. The van der Waals surface area contributed by atoms with E-state index in [0.717, 1.165) is 16.8 Å². The molecule has 0 aliphatic carbocycles. The van der Waals surface area contributed by atoms with E-state index >= 15 is 0 Å². The summed E-state index contributed by atoms with van der Waals surface area (Å²) in [5.74, 6) is 1.32. The lowest BCUT2D eigenvalue weighted by Crippen LogP contribution is -1.90. The summed E-state index contributed by atoms with van der Waals surface area (Å²) in [5.41, 5.74) is 3.02. The summed E-state index contributed by atoms with van der Waals surface area (Å²) >= 11 is 7.35. The van der Waals surface area contributed by atoms with E-state index < -0.39 is 0 Å². The molecule has 1 aromatic heterocycles. The van der Waals surface area contributed by atoms with Crippen LogP contribution in [-0.2, 0) is 0 Å². The van der Waals surface area contributed by atoms with Crippen LogP contribution in [0.4, 0.5) is 0 Å². The van der Waals surface area contributed by atoms with Crippen molar-refractivity contribution in [3.8, 4) is 28.8 Å². The van der Waals surface area contributed by atoms with Crippen molar-refractivity contribution < 1.29 is 9.47 Å². The molecule has 3 aromatic rings. The number of nitrogens with zero attached hydrogens (tertiary/aromatic N) is 2. The molecule has 0 saturated heterocycles. The lowest BCUT2D eigenvalue weighted by molar-refractivity contribution is 0.394.